The van der Waals surface area contributed by atoms with E-state index in [2.05, 4.69) is 37.3 Å². The average molecular weight is 273 g/mol. The zero-order valence-corrected chi connectivity index (χ0v) is 13.1. The highest BCUT2D eigenvalue weighted by Gasteiger charge is 2.31. The Morgan fingerprint density at radius 3 is 2.60 bits per heavy atom. The molecule has 1 aliphatic carbocycles. The molecule has 1 aromatic heterocycles. The molecule has 1 aromatic rings. The van der Waals surface area contributed by atoms with Gasteiger partial charge >= 0.3 is 0 Å². The number of hydrogen-bond donors (Lipinski definition) is 1. The first-order valence-corrected chi connectivity index (χ1v) is 8.09. The van der Waals surface area contributed by atoms with Crippen molar-refractivity contribution < 1.29 is 0 Å². The Balaban J connectivity index is 1.69. The molecule has 1 fully saturated rings. The fourth-order valence-electron chi connectivity index (χ4n) is 3.67. The molecule has 1 N–H and O–H groups in total. The first-order valence-electron chi connectivity index (χ1n) is 8.09. The van der Waals surface area contributed by atoms with Gasteiger partial charge in [0, 0.05) is 42.9 Å². The Hall–Kier alpha value is -0.960. The van der Waals surface area contributed by atoms with Gasteiger partial charge in [0.1, 0.15) is 5.82 Å². The van der Waals surface area contributed by atoms with Crippen LogP contribution in [0.3, 0.4) is 0 Å². The molecule has 110 valence electrons. The minimum atomic E-state index is 0.452. The van der Waals surface area contributed by atoms with Crippen LogP contribution in [-0.4, -0.2) is 16.5 Å². The van der Waals surface area contributed by atoms with Gasteiger partial charge in [-0.25, -0.2) is 9.97 Å². The molecule has 0 bridgehead atoms. The highest BCUT2D eigenvalue weighted by atomic mass is 14.9. The Morgan fingerprint density at radius 2 is 1.90 bits per heavy atom. The summed E-state index contributed by atoms with van der Waals surface area (Å²) < 4.78 is 0. The Kier molecular flexibility index (Phi) is 3.80. The summed E-state index contributed by atoms with van der Waals surface area (Å²) in [6.45, 7) is 9.12. The van der Waals surface area contributed by atoms with Gasteiger partial charge in [-0.1, -0.05) is 20.8 Å². The zero-order chi connectivity index (χ0) is 14.2. The molecule has 0 aromatic carbocycles. The van der Waals surface area contributed by atoms with Gasteiger partial charge in [-0.15, -0.1) is 0 Å². The quantitative estimate of drug-likeness (QED) is 0.851. The summed E-state index contributed by atoms with van der Waals surface area (Å²) >= 11 is 0. The van der Waals surface area contributed by atoms with E-state index in [-0.39, 0.29) is 0 Å². The molecule has 2 heterocycles. The number of fused-ring (bicyclic) bond motifs is 1. The third-order valence-electron chi connectivity index (χ3n) is 5.14. The van der Waals surface area contributed by atoms with Crippen molar-refractivity contribution in [1.29, 1.82) is 0 Å². The summed E-state index contributed by atoms with van der Waals surface area (Å²) in [7, 11) is 0. The van der Waals surface area contributed by atoms with Crippen LogP contribution in [0.15, 0.2) is 6.20 Å². The Labute approximate surface area is 122 Å². The van der Waals surface area contributed by atoms with Gasteiger partial charge in [0.25, 0.3) is 0 Å². The van der Waals surface area contributed by atoms with Gasteiger partial charge < -0.3 is 5.32 Å². The normalized spacial score (nSPS) is 27.1. The molecule has 0 spiro atoms. The second-order valence-corrected chi connectivity index (χ2v) is 7.54. The van der Waals surface area contributed by atoms with E-state index < -0.39 is 0 Å². The fraction of sp³-hybridized carbons (Fsp3) is 0.765. The lowest BCUT2D eigenvalue weighted by Gasteiger charge is -2.36. The van der Waals surface area contributed by atoms with Crippen LogP contribution in [-0.2, 0) is 13.0 Å². The van der Waals surface area contributed by atoms with Gasteiger partial charge in [0.05, 0.1) is 0 Å². The maximum absolute atomic E-state index is 4.87. The molecular weight excluding hydrogens is 246 g/mol. The van der Waals surface area contributed by atoms with Crippen LogP contribution in [0.1, 0.15) is 69.5 Å². The predicted molar refractivity (Wildman–Crippen MR) is 81.6 cm³/mol. The van der Waals surface area contributed by atoms with Crippen molar-refractivity contribution in [1.82, 2.24) is 15.3 Å². The van der Waals surface area contributed by atoms with Crippen LogP contribution in [0.5, 0.6) is 0 Å². The van der Waals surface area contributed by atoms with E-state index in [1.54, 1.807) is 0 Å². The standard InChI is InChI=1S/C17H27N3/c1-17(2,3)14-6-4-12(5-7-14)16-19-11-13-10-18-9-8-15(13)20-16/h11-12,14,18H,4-10H2,1-3H3. The lowest BCUT2D eigenvalue weighted by molar-refractivity contribution is 0.167. The summed E-state index contributed by atoms with van der Waals surface area (Å²) in [6, 6.07) is 0. The average Bonchev–Trinajstić information content (AvgIpc) is 2.46. The first-order chi connectivity index (χ1) is 9.54. The lowest BCUT2D eigenvalue weighted by atomic mass is 9.69. The second kappa shape index (κ2) is 5.44. The number of hydrogen-bond acceptors (Lipinski definition) is 3. The molecule has 3 nitrogen and oxygen atoms in total. The highest BCUT2D eigenvalue weighted by molar-refractivity contribution is 5.21. The molecule has 3 heteroatoms. The van der Waals surface area contributed by atoms with E-state index in [4.69, 9.17) is 4.98 Å². The fourth-order valence-corrected chi connectivity index (χ4v) is 3.67. The van der Waals surface area contributed by atoms with Crippen molar-refractivity contribution >= 4 is 0 Å². The molecular formula is C17H27N3. The van der Waals surface area contributed by atoms with Crippen molar-refractivity contribution in [2.75, 3.05) is 6.54 Å². The number of aromatic nitrogens is 2. The molecule has 1 saturated carbocycles. The van der Waals surface area contributed by atoms with Crippen molar-refractivity contribution in [2.45, 2.75) is 65.3 Å². The summed E-state index contributed by atoms with van der Waals surface area (Å²) in [4.78, 5) is 9.52. The molecule has 1 aliphatic heterocycles. The predicted octanol–water partition coefficient (Wildman–Crippen LogP) is 3.44. The first kappa shape index (κ1) is 14.0. The lowest BCUT2D eigenvalue weighted by Crippen LogP contribution is -2.27. The number of nitrogens with zero attached hydrogens (tertiary/aromatic N) is 2. The van der Waals surface area contributed by atoms with E-state index in [1.807, 2.05) is 0 Å². The minimum absolute atomic E-state index is 0.452. The number of nitrogens with one attached hydrogen (secondary N) is 1. The molecule has 2 aliphatic rings. The van der Waals surface area contributed by atoms with Gasteiger partial charge in [-0.2, -0.15) is 0 Å². The molecule has 0 radical (unpaired) electrons. The summed E-state index contributed by atoms with van der Waals surface area (Å²) in [6.07, 6.45) is 8.30. The SMILES string of the molecule is CC(C)(C)C1CCC(c2ncc3c(n2)CCNC3)CC1. The van der Waals surface area contributed by atoms with Gasteiger partial charge in [0.15, 0.2) is 0 Å². The van der Waals surface area contributed by atoms with Gasteiger partial charge in [0.2, 0.25) is 0 Å². The summed E-state index contributed by atoms with van der Waals surface area (Å²) in [5, 5.41) is 3.38. The monoisotopic (exact) mass is 273 g/mol. The van der Waals surface area contributed by atoms with Crippen LogP contribution >= 0.6 is 0 Å². The maximum Gasteiger partial charge on any atom is 0.131 e. The van der Waals surface area contributed by atoms with Gasteiger partial charge in [-0.3, -0.25) is 0 Å². The summed E-state index contributed by atoms with van der Waals surface area (Å²) in [5.74, 6) is 2.56. The van der Waals surface area contributed by atoms with E-state index in [1.165, 1.54) is 36.9 Å². The van der Waals surface area contributed by atoms with Crippen molar-refractivity contribution in [3.8, 4) is 0 Å². The van der Waals surface area contributed by atoms with E-state index in [9.17, 15) is 0 Å². The van der Waals surface area contributed by atoms with Crippen LogP contribution in [0.25, 0.3) is 0 Å². The van der Waals surface area contributed by atoms with Crippen LogP contribution < -0.4 is 5.32 Å². The third kappa shape index (κ3) is 2.88. The van der Waals surface area contributed by atoms with Gasteiger partial charge in [-0.05, 0) is 37.0 Å². The maximum atomic E-state index is 4.87. The van der Waals surface area contributed by atoms with Crippen molar-refractivity contribution in [3.05, 3.63) is 23.3 Å². The largest absolute Gasteiger partial charge is 0.312 e. The smallest absolute Gasteiger partial charge is 0.131 e. The molecule has 0 amide bonds. The van der Waals surface area contributed by atoms with Crippen LogP contribution in [0, 0.1) is 11.3 Å². The molecule has 3 rings (SSSR count). The molecule has 0 atom stereocenters. The van der Waals surface area contributed by atoms with Crippen LogP contribution in [0.2, 0.25) is 0 Å². The number of rotatable bonds is 1. The van der Waals surface area contributed by atoms with Crippen LogP contribution in [0.4, 0.5) is 0 Å². The third-order valence-corrected chi connectivity index (χ3v) is 5.14. The Bertz CT molecular complexity index is 468. The van der Waals surface area contributed by atoms with Crippen molar-refractivity contribution in [2.24, 2.45) is 11.3 Å². The minimum Gasteiger partial charge on any atom is -0.312 e. The van der Waals surface area contributed by atoms with E-state index in [0.29, 0.717) is 11.3 Å². The Morgan fingerprint density at radius 1 is 1.15 bits per heavy atom. The van der Waals surface area contributed by atoms with Crippen molar-refractivity contribution in [3.63, 3.8) is 0 Å². The summed E-state index contributed by atoms with van der Waals surface area (Å²) in [5.41, 5.74) is 3.03. The highest BCUT2D eigenvalue weighted by Crippen LogP contribution is 2.42. The second-order valence-electron chi connectivity index (χ2n) is 7.54. The topological polar surface area (TPSA) is 37.8 Å². The van der Waals surface area contributed by atoms with E-state index >= 15 is 0 Å². The zero-order valence-electron chi connectivity index (χ0n) is 13.1. The molecule has 20 heavy (non-hydrogen) atoms. The molecule has 0 saturated heterocycles. The molecule has 0 unspecified atom stereocenters. The van der Waals surface area contributed by atoms with E-state index in [0.717, 1.165) is 31.3 Å².